The molecule has 0 spiro atoms. The summed E-state index contributed by atoms with van der Waals surface area (Å²) < 4.78 is 3.23. The molecule has 5 heavy (non-hydrogen) atoms. The van der Waals surface area contributed by atoms with E-state index in [2.05, 4.69) is 10.3 Å². The first-order chi connectivity index (χ1) is 2.50. The second kappa shape index (κ2) is 1.90. The van der Waals surface area contributed by atoms with E-state index in [4.69, 9.17) is 0 Å². The van der Waals surface area contributed by atoms with Gasteiger partial charge in [-0.15, -0.1) is 0 Å². The zero-order valence-corrected chi connectivity index (χ0v) is 5.45. The number of hydrogen-bond donors (Lipinski definition) is 0. The van der Waals surface area contributed by atoms with Crippen molar-refractivity contribution >= 4 is 33.9 Å². The topological polar surface area (TPSA) is 0 Å². The van der Waals surface area contributed by atoms with Gasteiger partial charge < -0.3 is 0 Å². The van der Waals surface area contributed by atoms with E-state index in [1.54, 1.807) is 0 Å². The molecular weight excluding hydrogens is 142 g/mol. The summed E-state index contributed by atoms with van der Waals surface area (Å²) in [5.41, 5.74) is 0. The summed E-state index contributed by atoms with van der Waals surface area (Å²) >= 11 is 0.536. The molecule has 1 rings (SSSR count). The van der Waals surface area contributed by atoms with E-state index in [0.717, 1.165) is 0 Å². The van der Waals surface area contributed by atoms with Gasteiger partial charge >= 0.3 is 39.1 Å². The van der Waals surface area contributed by atoms with Crippen LogP contribution in [0.2, 0.25) is 5.21 Å². The summed E-state index contributed by atoms with van der Waals surface area (Å²) in [5.74, 6) is 2.26. The molecule has 0 aromatic heterocycles. The fourth-order valence-electron chi connectivity index (χ4n) is 0.204. The summed E-state index contributed by atoms with van der Waals surface area (Å²) in [4.78, 5) is 0. The van der Waals surface area contributed by atoms with Crippen molar-refractivity contribution in [2.45, 2.75) is 5.21 Å². The first-order valence-corrected chi connectivity index (χ1v) is 4.66. The molecule has 0 aromatic rings. The maximum atomic E-state index is 3.23. The van der Waals surface area contributed by atoms with E-state index in [9.17, 15) is 0 Å². The van der Waals surface area contributed by atoms with Crippen LogP contribution in [0, 0.1) is 0 Å². The average molecular weight is 145 g/mol. The molecule has 0 N–H and O–H groups in total. The van der Waals surface area contributed by atoms with E-state index in [1.807, 2.05) is 0 Å². The molecule has 1 aliphatic heterocycles. The summed E-state index contributed by atoms with van der Waals surface area (Å²) in [5, 5.41) is 1.35. The van der Waals surface area contributed by atoms with Crippen molar-refractivity contribution in [2.75, 3.05) is 0 Å². The van der Waals surface area contributed by atoms with Crippen molar-refractivity contribution in [3.63, 3.8) is 0 Å². The van der Waals surface area contributed by atoms with Crippen LogP contribution >= 0.6 is 8.20 Å². The van der Waals surface area contributed by atoms with Gasteiger partial charge in [0.15, 0.2) is 0 Å². The predicted molar refractivity (Wildman–Crippen MR) is 28.6 cm³/mol. The van der Waals surface area contributed by atoms with Crippen LogP contribution in [0.25, 0.3) is 0 Å². The van der Waals surface area contributed by atoms with Crippen molar-refractivity contribution in [3.8, 4) is 0 Å². The summed E-state index contributed by atoms with van der Waals surface area (Å²) in [7, 11) is 1.36. The quantitative estimate of drug-likeness (QED) is 0.344. The molecule has 0 amide bonds. The van der Waals surface area contributed by atoms with E-state index in [-0.39, 0.29) is 0 Å². The Labute approximate surface area is 39.6 Å². The third kappa shape index (κ3) is 0.991. The fraction of sp³-hybridized carbons (Fsp3) is 0.333. The Morgan fingerprint density at radius 1 is 2.00 bits per heavy atom. The molecule has 0 bridgehead atoms. The maximum absolute atomic E-state index is 3.23. The molecule has 25 valence electrons. The third-order valence-electron chi connectivity index (χ3n) is 0.393. The Morgan fingerprint density at radius 3 is 3.20 bits per heavy atom. The van der Waals surface area contributed by atoms with Gasteiger partial charge in [-0.2, -0.15) is 0 Å². The van der Waals surface area contributed by atoms with Gasteiger partial charge in [0, 0.05) is 0 Å². The van der Waals surface area contributed by atoms with Crippen LogP contribution in [-0.4, -0.2) is 25.7 Å². The van der Waals surface area contributed by atoms with Gasteiger partial charge in [0.25, 0.3) is 0 Å². The molecule has 1 heterocycles. The average Bonchev–Trinajstić information content (AvgIpc) is 1.76. The third-order valence-corrected chi connectivity index (χ3v) is 4.02. The summed E-state index contributed by atoms with van der Waals surface area (Å²) in [6, 6.07) is 0. The standard InChI is InChI=1S/C3H3AsP/c1-2-5-3-4-1/h2H,1H2. The minimum atomic E-state index is 0.536. The number of rotatable bonds is 0. The van der Waals surface area contributed by atoms with Crippen molar-refractivity contribution in [2.24, 2.45) is 0 Å². The first kappa shape index (κ1) is 3.78. The molecule has 2 heteroatoms. The van der Waals surface area contributed by atoms with Crippen molar-refractivity contribution in [3.05, 3.63) is 0 Å². The van der Waals surface area contributed by atoms with Crippen LogP contribution in [0.4, 0.5) is 0 Å². The van der Waals surface area contributed by atoms with Gasteiger partial charge in [-0.1, -0.05) is 0 Å². The molecular formula is C3H3AsP. The van der Waals surface area contributed by atoms with Crippen molar-refractivity contribution in [1.29, 1.82) is 0 Å². The van der Waals surface area contributed by atoms with Gasteiger partial charge in [-0.25, -0.2) is 0 Å². The van der Waals surface area contributed by atoms with Crippen molar-refractivity contribution in [1.82, 2.24) is 0 Å². The molecule has 0 atom stereocenters. The van der Waals surface area contributed by atoms with Gasteiger partial charge in [-0.05, 0) is 0 Å². The monoisotopic (exact) mass is 145 g/mol. The Kier molecular flexibility index (Phi) is 1.44. The minimum absolute atomic E-state index is 0.536. The zero-order valence-electron chi connectivity index (χ0n) is 2.68. The first-order valence-electron chi connectivity index (χ1n) is 1.43. The van der Waals surface area contributed by atoms with Crippen molar-refractivity contribution < 1.29 is 0 Å². The predicted octanol–water partition coefficient (Wildman–Crippen LogP) is 0.508. The molecule has 1 aliphatic rings. The second-order valence-electron chi connectivity index (χ2n) is 0.752. The molecule has 0 unspecified atom stereocenters. The van der Waals surface area contributed by atoms with E-state index >= 15 is 0 Å². The van der Waals surface area contributed by atoms with E-state index in [0.29, 0.717) is 15.3 Å². The zero-order chi connectivity index (χ0) is 3.54. The Bertz CT molecular complexity index is 65.0. The van der Waals surface area contributed by atoms with Gasteiger partial charge in [-0.3, -0.25) is 0 Å². The molecule has 0 aromatic carbocycles. The molecule has 0 saturated carbocycles. The molecule has 0 aliphatic carbocycles. The summed E-state index contributed by atoms with van der Waals surface area (Å²) in [6.07, 6.45) is 0. The molecule has 0 saturated heterocycles. The fourth-order valence-corrected chi connectivity index (χ4v) is 3.18. The molecule has 1 radical (unpaired) electrons. The Balaban J connectivity index is 2.61. The summed E-state index contributed by atoms with van der Waals surface area (Å²) in [6.45, 7) is 0. The molecule has 0 fully saturated rings. The van der Waals surface area contributed by atoms with Crippen LogP contribution in [0.5, 0.6) is 0 Å². The van der Waals surface area contributed by atoms with Gasteiger partial charge in [0.1, 0.15) is 0 Å². The van der Waals surface area contributed by atoms with Crippen LogP contribution in [-0.2, 0) is 0 Å². The number of hydrogen-bond acceptors (Lipinski definition) is 0. The van der Waals surface area contributed by atoms with E-state index in [1.165, 1.54) is 13.4 Å². The van der Waals surface area contributed by atoms with Gasteiger partial charge in [0.2, 0.25) is 0 Å². The van der Waals surface area contributed by atoms with Crippen LogP contribution in [0.3, 0.4) is 0 Å². The molecule has 0 nitrogen and oxygen atoms in total. The van der Waals surface area contributed by atoms with Crippen LogP contribution in [0.1, 0.15) is 0 Å². The van der Waals surface area contributed by atoms with Gasteiger partial charge in [0.05, 0.1) is 0 Å². The SMILES string of the molecule is [C]1=[As]CC=P1. The Hall–Kier alpha value is 0.598. The van der Waals surface area contributed by atoms with Crippen LogP contribution in [0.15, 0.2) is 0 Å². The van der Waals surface area contributed by atoms with E-state index < -0.39 is 0 Å². The normalized spacial score (nSPS) is 24.0. The Morgan fingerprint density at radius 2 is 3.00 bits per heavy atom. The second-order valence-corrected chi connectivity index (χ2v) is 4.26. The van der Waals surface area contributed by atoms with Crippen LogP contribution < -0.4 is 0 Å².